The first kappa shape index (κ1) is 16.3. The summed E-state index contributed by atoms with van der Waals surface area (Å²) in [5, 5.41) is 11.1. The third-order valence-electron chi connectivity index (χ3n) is 4.86. The van der Waals surface area contributed by atoms with E-state index >= 15 is 0 Å². The summed E-state index contributed by atoms with van der Waals surface area (Å²) in [6.45, 7) is 8.53. The Morgan fingerprint density at radius 1 is 1.35 bits per heavy atom. The molecule has 126 valence electrons. The molecular weight excluding hydrogens is 288 g/mol. The molecule has 0 radical (unpaired) electrons. The van der Waals surface area contributed by atoms with Crippen molar-refractivity contribution in [2.24, 2.45) is 0 Å². The van der Waals surface area contributed by atoms with Crippen molar-refractivity contribution in [3.8, 4) is 0 Å². The molecule has 0 bridgehead atoms. The fourth-order valence-electron chi connectivity index (χ4n) is 3.43. The lowest BCUT2D eigenvalue weighted by molar-refractivity contribution is 0.179. The van der Waals surface area contributed by atoms with E-state index in [9.17, 15) is 0 Å². The van der Waals surface area contributed by atoms with Crippen LogP contribution < -0.4 is 5.32 Å². The highest BCUT2D eigenvalue weighted by Gasteiger charge is 2.19. The van der Waals surface area contributed by atoms with E-state index in [2.05, 4.69) is 40.3 Å². The van der Waals surface area contributed by atoms with Crippen LogP contribution in [0.5, 0.6) is 0 Å². The summed E-state index contributed by atoms with van der Waals surface area (Å²) in [7, 11) is 0. The Balaban J connectivity index is 1.32. The lowest BCUT2D eigenvalue weighted by Gasteiger charge is -2.31. The highest BCUT2D eigenvalue weighted by molar-refractivity contribution is 5.23. The molecule has 3 heterocycles. The highest BCUT2D eigenvalue weighted by atomic mass is 16.3. The minimum absolute atomic E-state index is 0.661. The number of nitrogens with zero attached hydrogens (tertiary/aromatic N) is 2. The molecule has 0 atom stereocenters. The van der Waals surface area contributed by atoms with E-state index in [-0.39, 0.29) is 0 Å². The molecule has 2 aromatic heterocycles. The molecule has 0 spiro atoms. The van der Waals surface area contributed by atoms with Crippen LogP contribution in [0.1, 0.15) is 42.0 Å². The maximum Gasteiger partial charge on any atom is 0.117 e. The monoisotopic (exact) mass is 316 g/mol. The number of hydrogen-bond acceptors (Lipinski definition) is 4. The largest absolute Gasteiger partial charge is 0.468 e. The molecular formula is C18H28N4O. The fraction of sp³-hybridized carbons (Fsp3) is 0.611. The second kappa shape index (κ2) is 7.79. The van der Waals surface area contributed by atoms with Crippen LogP contribution in [0.15, 0.2) is 22.8 Å². The molecule has 0 unspecified atom stereocenters. The van der Waals surface area contributed by atoms with E-state index in [0.717, 1.165) is 44.1 Å². The van der Waals surface area contributed by atoms with Crippen LogP contribution in [-0.2, 0) is 13.0 Å². The number of H-pyrrole nitrogens is 1. The van der Waals surface area contributed by atoms with E-state index in [1.807, 2.05) is 6.07 Å². The number of aromatic amines is 1. The Kier molecular flexibility index (Phi) is 5.51. The van der Waals surface area contributed by atoms with Crippen molar-refractivity contribution >= 4 is 0 Å². The topological polar surface area (TPSA) is 57.1 Å². The number of rotatable bonds is 7. The molecule has 1 fully saturated rings. The lowest BCUT2D eigenvalue weighted by atomic mass is 10.0. The number of furan rings is 1. The van der Waals surface area contributed by atoms with E-state index in [4.69, 9.17) is 4.42 Å². The summed E-state index contributed by atoms with van der Waals surface area (Å²) in [6.07, 6.45) is 6.49. The van der Waals surface area contributed by atoms with Crippen LogP contribution >= 0.6 is 0 Å². The third-order valence-corrected chi connectivity index (χ3v) is 4.86. The maximum absolute atomic E-state index is 5.43. The van der Waals surface area contributed by atoms with Gasteiger partial charge in [0, 0.05) is 24.8 Å². The van der Waals surface area contributed by atoms with Gasteiger partial charge in [0.15, 0.2) is 0 Å². The van der Waals surface area contributed by atoms with Gasteiger partial charge in [-0.3, -0.25) is 10.00 Å². The van der Waals surface area contributed by atoms with E-state index in [1.165, 1.54) is 30.5 Å². The van der Waals surface area contributed by atoms with Gasteiger partial charge in [0.05, 0.1) is 18.5 Å². The smallest absolute Gasteiger partial charge is 0.117 e. The van der Waals surface area contributed by atoms with Crippen LogP contribution in [0.3, 0.4) is 0 Å². The lowest BCUT2D eigenvalue weighted by Crippen LogP contribution is -2.42. The molecule has 0 saturated carbocycles. The zero-order valence-corrected chi connectivity index (χ0v) is 14.3. The van der Waals surface area contributed by atoms with Gasteiger partial charge in [0.1, 0.15) is 5.76 Å². The second-order valence-corrected chi connectivity index (χ2v) is 6.60. The van der Waals surface area contributed by atoms with Crippen molar-refractivity contribution in [1.29, 1.82) is 0 Å². The van der Waals surface area contributed by atoms with Gasteiger partial charge in [-0.2, -0.15) is 5.10 Å². The minimum Gasteiger partial charge on any atom is -0.468 e. The van der Waals surface area contributed by atoms with Crippen molar-refractivity contribution in [3.63, 3.8) is 0 Å². The van der Waals surface area contributed by atoms with Gasteiger partial charge in [0.2, 0.25) is 0 Å². The molecule has 1 aliphatic rings. The SMILES string of the molecule is Cc1n[nH]c(C)c1CCCNC1CCN(Cc2ccco2)CC1. The molecule has 5 nitrogen and oxygen atoms in total. The molecule has 23 heavy (non-hydrogen) atoms. The van der Waals surface area contributed by atoms with Gasteiger partial charge in [-0.25, -0.2) is 0 Å². The standard InChI is InChI=1S/C18H28N4O/c1-14-18(15(2)21-20-14)6-3-9-19-16-7-10-22(11-8-16)13-17-5-4-12-23-17/h4-5,12,16,19H,3,6-11,13H2,1-2H3,(H,20,21). The van der Waals surface area contributed by atoms with Gasteiger partial charge in [-0.05, 0) is 63.8 Å². The van der Waals surface area contributed by atoms with Gasteiger partial charge < -0.3 is 9.73 Å². The Morgan fingerprint density at radius 3 is 2.83 bits per heavy atom. The molecule has 0 aromatic carbocycles. The average molecular weight is 316 g/mol. The van der Waals surface area contributed by atoms with Crippen LogP contribution in [0.2, 0.25) is 0 Å². The fourth-order valence-corrected chi connectivity index (χ4v) is 3.43. The van der Waals surface area contributed by atoms with Crippen LogP contribution in [0.4, 0.5) is 0 Å². The first-order valence-electron chi connectivity index (χ1n) is 8.71. The van der Waals surface area contributed by atoms with Crippen LogP contribution in [0, 0.1) is 13.8 Å². The number of aromatic nitrogens is 2. The van der Waals surface area contributed by atoms with Gasteiger partial charge in [-0.15, -0.1) is 0 Å². The van der Waals surface area contributed by atoms with Crippen molar-refractivity contribution in [2.45, 2.75) is 52.1 Å². The predicted octanol–water partition coefficient (Wildman–Crippen LogP) is 2.81. The van der Waals surface area contributed by atoms with Crippen molar-refractivity contribution < 1.29 is 4.42 Å². The van der Waals surface area contributed by atoms with Gasteiger partial charge >= 0.3 is 0 Å². The second-order valence-electron chi connectivity index (χ2n) is 6.60. The van der Waals surface area contributed by atoms with E-state index < -0.39 is 0 Å². The Hall–Kier alpha value is -1.59. The Morgan fingerprint density at radius 2 is 2.17 bits per heavy atom. The summed E-state index contributed by atoms with van der Waals surface area (Å²) < 4.78 is 5.43. The number of hydrogen-bond donors (Lipinski definition) is 2. The van der Waals surface area contributed by atoms with Gasteiger partial charge in [-0.1, -0.05) is 0 Å². The van der Waals surface area contributed by atoms with E-state index in [1.54, 1.807) is 6.26 Å². The molecule has 0 amide bonds. The maximum atomic E-state index is 5.43. The Bertz CT molecular complexity index is 563. The highest BCUT2D eigenvalue weighted by Crippen LogP contribution is 2.15. The van der Waals surface area contributed by atoms with E-state index in [0.29, 0.717) is 6.04 Å². The number of nitrogens with one attached hydrogen (secondary N) is 2. The zero-order chi connectivity index (χ0) is 16.1. The first-order valence-corrected chi connectivity index (χ1v) is 8.71. The summed E-state index contributed by atoms with van der Waals surface area (Å²) in [4.78, 5) is 2.48. The number of piperidine rings is 1. The van der Waals surface area contributed by atoms with Crippen molar-refractivity contribution in [3.05, 3.63) is 41.1 Å². The van der Waals surface area contributed by atoms with Crippen molar-refractivity contribution in [2.75, 3.05) is 19.6 Å². The van der Waals surface area contributed by atoms with Gasteiger partial charge in [0.25, 0.3) is 0 Å². The number of aryl methyl sites for hydroxylation is 2. The summed E-state index contributed by atoms with van der Waals surface area (Å²) >= 11 is 0. The summed E-state index contributed by atoms with van der Waals surface area (Å²) in [6, 6.07) is 4.69. The molecule has 5 heteroatoms. The molecule has 1 aliphatic heterocycles. The average Bonchev–Trinajstić information content (AvgIpc) is 3.17. The first-order chi connectivity index (χ1) is 11.2. The molecule has 0 aliphatic carbocycles. The van der Waals surface area contributed by atoms with Crippen LogP contribution in [0.25, 0.3) is 0 Å². The molecule has 3 rings (SSSR count). The molecule has 1 saturated heterocycles. The summed E-state index contributed by atoms with van der Waals surface area (Å²) in [5.41, 5.74) is 3.75. The molecule has 2 N–H and O–H groups in total. The Labute approximate surface area is 138 Å². The molecule has 2 aromatic rings. The number of likely N-dealkylation sites (tertiary alicyclic amines) is 1. The summed E-state index contributed by atoms with van der Waals surface area (Å²) in [5.74, 6) is 1.07. The van der Waals surface area contributed by atoms with Crippen LogP contribution in [-0.4, -0.2) is 40.8 Å². The van der Waals surface area contributed by atoms with Crippen molar-refractivity contribution in [1.82, 2.24) is 20.4 Å². The zero-order valence-electron chi connectivity index (χ0n) is 14.3. The quantitative estimate of drug-likeness (QED) is 0.771. The normalized spacial score (nSPS) is 17.0. The minimum atomic E-state index is 0.661. The predicted molar refractivity (Wildman–Crippen MR) is 91.4 cm³/mol. The third kappa shape index (κ3) is 4.45.